The molecule has 21 heavy (non-hydrogen) atoms. The quantitative estimate of drug-likeness (QED) is 0.602. The molecule has 1 aromatic rings. The van der Waals surface area contributed by atoms with Crippen molar-refractivity contribution in [2.24, 2.45) is 0 Å². The summed E-state index contributed by atoms with van der Waals surface area (Å²) in [6.45, 7) is 6.24. The Morgan fingerprint density at radius 1 is 1.48 bits per heavy atom. The molecule has 2 heterocycles. The smallest absolute Gasteiger partial charge is 0.230 e. The zero-order valence-corrected chi connectivity index (χ0v) is 12.2. The maximum Gasteiger partial charge on any atom is 0.230 e. The zero-order valence-electron chi connectivity index (χ0n) is 12.2. The lowest BCUT2D eigenvalue weighted by Crippen LogP contribution is -2.38. The summed E-state index contributed by atoms with van der Waals surface area (Å²) in [6.07, 6.45) is -0.453. The SMILES string of the molecule is CCOCCN1CCN(C(=O)Cc2nn[nH]n2)C[C@@H](O)C1. The first kappa shape index (κ1) is 15.8. The summed E-state index contributed by atoms with van der Waals surface area (Å²) >= 11 is 0. The Labute approximate surface area is 123 Å². The average Bonchev–Trinajstić information content (AvgIpc) is 2.88. The highest BCUT2D eigenvalue weighted by Crippen LogP contribution is 2.06. The molecule has 1 fully saturated rings. The molecule has 2 N–H and O–H groups in total. The van der Waals surface area contributed by atoms with Crippen LogP contribution in [-0.4, -0.2) is 93.5 Å². The van der Waals surface area contributed by atoms with Crippen LogP contribution in [0.25, 0.3) is 0 Å². The molecule has 0 saturated carbocycles. The lowest BCUT2D eigenvalue weighted by molar-refractivity contribution is -0.131. The summed E-state index contributed by atoms with van der Waals surface area (Å²) < 4.78 is 5.33. The fraction of sp³-hybridized carbons (Fsp3) is 0.833. The van der Waals surface area contributed by atoms with Crippen LogP contribution in [0.4, 0.5) is 0 Å². The maximum absolute atomic E-state index is 12.2. The predicted octanol–water partition coefficient (Wildman–Crippen LogP) is -1.72. The first-order chi connectivity index (χ1) is 10.2. The van der Waals surface area contributed by atoms with Crippen molar-refractivity contribution in [1.29, 1.82) is 0 Å². The van der Waals surface area contributed by atoms with Crippen molar-refractivity contribution in [1.82, 2.24) is 30.4 Å². The van der Waals surface area contributed by atoms with Crippen LogP contribution in [0.15, 0.2) is 0 Å². The van der Waals surface area contributed by atoms with E-state index in [2.05, 4.69) is 25.5 Å². The van der Waals surface area contributed by atoms with Gasteiger partial charge in [-0.3, -0.25) is 9.69 Å². The molecule has 0 aromatic carbocycles. The number of aliphatic hydroxyl groups is 1. The molecule has 1 aliphatic heterocycles. The Morgan fingerprint density at radius 3 is 3.05 bits per heavy atom. The number of hydrogen-bond donors (Lipinski definition) is 2. The van der Waals surface area contributed by atoms with Crippen LogP contribution in [0.3, 0.4) is 0 Å². The number of amides is 1. The highest BCUT2D eigenvalue weighted by molar-refractivity contribution is 5.78. The Kier molecular flexibility index (Phi) is 6.03. The molecule has 0 bridgehead atoms. The molecule has 0 radical (unpaired) electrons. The molecule has 9 heteroatoms. The molecule has 0 unspecified atom stereocenters. The summed E-state index contributed by atoms with van der Waals surface area (Å²) in [4.78, 5) is 15.9. The fourth-order valence-corrected chi connectivity index (χ4v) is 2.33. The van der Waals surface area contributed by atoms with Crippen molar-refractivity contribution in [3.05, 3.63) is 5.82 Å². The first-order valence-electron chi connectivity index (χ1n) is 7.17. The van der Waals surface area contributed by atoms with Crippen molar-refractivity contribution in [3.8, 4) is 0 Å². The summed E-state index contributed by atoms with van der Waals surface area (Å²) in [5.41, 5.74) is 0. The second-order valence-electron chi connectivity index (χ2n) is 5.00. The molecular weight excluding hydrogens is 276 g/mol. The molecule has 1 amide bonds. The number of aromatic amines is 1. The number of carbonyl (C=O) groups excluding carboxylic acids is 1. The third-order valence-corrected chi connectivity index (χ3v) is 3.39. The number of hydrogen-bond acceptors (Lipinski definition) is 7. The van der Waals surface area contributed by atoms with Crippen LogP contribution in [0.1, 0.15) is 12.7 Å². The van der Waals surface area contributed by atoms with E-state index in [0.29, 0.717) is 38.7 Å². The molecular formula is C12H22N6O3. The van der Waals surface area contributed by atoms with E-state index in [1.165, 1.54) is 0 Å². The molecule has 1 atom stereocenters. The van der Waals surface area contributed by atoms with E-state index < -0.39 is 6.10 Å². The number of rotatable bonds is 6. The minimum atomic E-state index is -0.552. The summed E-state index contributed by atoms with van der Waals surface area (Å²) in [7, 11) is 0. The van der Waals surface area contributed by atoms with Crippen LogP contribution in [0, 0.1) is 0 Å². The third-order valence-electron chi connectivity index (χ3n) is 3.39. The number of H-pyrrole nitrogens is 1. The van der Waals surface area contributed by atoms with Gasteiger partial charge in [-0.05, 0) is 6.92 Å². The van der Waals surface area contributed by atoms with Gasteiger partial charge in [0.2, 0.25) is 5.91 Å². The van der Waals surface area contributed by atoms with Gasteiger partial charge >= 0.3 is 0 Å². The molecule has 0 spiro atoms. The molecule has 0 aliphatic carbocycles. The van der Waals surface area contributed by atoms with Crippen LogP contribution in [0.2, 0.25) is 0 Å². The van der Waals surface area contributed by atoms with Gasteiger partial charge in [0.1, 0.15) is 0 Å². The second kappa shape index (κ2) is 8.01. The highest BCUT2D eigenvalue weighted by atomic mass is 16.5. The van der Waals surface area contributed by atoms with E-state index in [1.54, 1.807) is 4.90 Å². The van der Waals surface area contributed by atoms with Crippen molar-refractivity contribution >= 4 is 5.91 Å². The van der Waals surface area contributed by atoms with Gasteiger partial charge in [-0.15, -0.1) is 10.2 Å². The fourth-order valence-electron chi connectivity index (χ4n) is 2.33. The first-order valence-corrected chi connectivity index (χ1v) is 7.17. The van der Waals surface area contributed by atoms with Crippen molar-refractivity contribution in [2.45, 2.75) is 19.4 Å². The topological polar surface area (TPSA) is 107 Å². The maximum atomic E-state index is 12.2. The van der Waals surface area contributed by atoms with Gasteiger partial charge in [0.25, 0.3) is 0 Å². The minimum absolute atomic E-state index is 0.0953. The number of nitrogens with zero attached hydrogens (tertiary/aromatic N) is 5. The number of nitrogens with one attached hydrogen (secondary N) is 1. The van der Waals surface area contributed by atoms with E-state index in [9.17, 15) is 9.90 Å². The normalized spacial score (nSPS) is 20.5. The van der Waals surface area contributed by atoms with Crippen LogP contribution >= 0.6 is 0 Å². The number of aliphatic hydroxyl groups excluding tert-OH is 1. The van der Waals surface area contributed by atoms with Crippen LogP contribution < -0.4 is 0 Å². The Morgan fingerprint density at radius 2 is 2.33 bits per heavy atom. The Balaban J connectivity index is 1.83. The number of ether oxygens (including phenoxy) is 1. The zero-order chi connectivity index (χ0) is 15.1. The number of tetrazole rings is 1. The van der Waals surface area contributed by atoms with E-state index in [1.807, 2.05) is 6.92 Å². The largest absolute Gasteiger partial charge is 0.390 e. The van der Waals surface area contributed by atoms with Gasteiger partial charge in [-0.25, -0.2) is 0 Å². The molecule has 1 aromatic heterocycles. The highest BCUT2D eigenvalue weighted by Gasteiger charge is 2.24. The molecule has 1 saturated heterocycles. The minimum Gasteiger partial charge on any atom is -0.390 e. The van der Waals surface area contributed by atoms with E-state index in [4.69, 9.17) is 4.74 Å². The van der Waals surface area contributed by atoms with Gasteiger partial charge in [-0.1, -0.05) is 5.21 Å². The van der Waals surface area contributed by atoms with Crippen molar-refractivity contribution in [2.75, 3.05) is 45.9 Å². The molecule has 1 aliphatic rings. The second-order valence-corrected chi connectivity index (χ2v) is 5.00. The number of carbonyl (C=O) groups is 1. The molecule has 9 nitrogen and oxygen atoms in total. The van der Waals surface area contributed by atoms with Crippen LogP contribution in [-0.2, 0) is 16.0 Å². The molecule has 118 valence electrons. The lowest BCUT2D eigenvalue weighted by Gasteiger charge is -2.21. The third kappa shape index (κ3) is 5.03. The van der Waals surface area contributed by atoms with E-state index in [0.717, 1.165) is 13.1 Å². The summed E-state index contributed by atoms with van der Waals surface area (Å²) in [5.74, 6) is 0.272. The number of aromatic nitrogens is 4. The Bertz CT molecular complexity index is 427. The van der Waals surface area contributed by atoms with Crippen molar-refractivity contribution < 1.29 is 14.6 Å². The summed E-state index contributed by atoms with van der Waals surface area (Å²) in [6, 6.07) is 0. The van der Waals surface area contributed by atoms with Crippen LogP contribution in [0.5, 0.6) is 0 Å². The van der Waals surface area contributed by atoms with E-state index in [-0.39, 0.29) is 12.3 Å². The predicted molar refractivity (Wildman–Crippen MR) is 73.4 cm³/mol. The standard InChI is InChI=1S/C12H22N6O3/c1-2-21-6-5-17-3-4-18(9-10(19)8-17)12(20)7-11-13-15-16-14-11/h10,19H,2-9H2,1H3,(H,13,14,15,16)/t10-/m0/s1. The summed E-state index contributed by atoms with van der Waals surface area (Å²) in [5, 5.41) is 23.3. The monoisotopic (exact) mass is 298 g/mol. The van der Waals surface area contributed by atoms with Crippen molar-refractivity contribution in [3.63, 3.8) is 0 Å². The lowest BCUT2D eigenvalue weighted by atomic mass is 10.3. The van der Waals surface area contributed by atoms with Gasteiger partial charge < -0.3 is 14.7 Å². The van der Waals surface area contributed by atoms with E-state index >= 15 is 0 Å². The van der Waals surface area contributed by atoms with Gasteiger partial charge in [0.05, 0.1) is 19.1 Å². The average molecular weight is 298 g/mol. The van der Waals surface area contributed by atoms with Gasteiger partial charge in [-0.2, -0.15) is 5.21 Å². The van der Waals surface area contributed by atoms with Gasteiger partial charge in [0.15, 0.2) is 5.82 Å². The van der Waals surface area contributed by atoms with Gasteiger partial charge in [0, 0.05) is 39.3 Å². The molecule has 2 rings (SSSR count). The number of β-amino-alcohol motifs (C(OH)–C–C–N with tert-alkyl or cyclic N) is 1. The Hall–Kier alpha value is -1.58.